The Morgan fingerprint density at radius 3 is 2.68 bits per heavy atom. The number of hydrogen-bond donors (Lipinski definition) is 1. The minimum atomic E-state index is -0.155. The summed E-state index contributed by atoms with van der Waals surface area (Å²) >= 11 is 1.50. The molecule has 0 radical (unpaired) electrons. The second-order valence-corrected chi connectivity index (χ2v) is 9.92. The molecule has 1 unspecified atom stereocenters. The molecule has 1 atom stereocenters. The smallest absolute Gasteiger partial charge is 0.196 e. The molecule has 0 aliphatic carbocycles. The van der Waals surface area contributed by atoms with Gasteiger partial charge in [0.05, 0.1) is 18.7 Å². The molecule has 0 bridgehead atoms. The lowest BCUT2D eigenvalue weighted by Gasteiger charge is -2.12. The van der Waals surface area contributed by atoms with Crippen molar-refractivity contribution in [3.05, 3.63) is 89.6 Å². The molecular weight excluding hydrogens is 502 g/mol. The fourth-order valence-electron chi connectivity index (χ4n) is 4.26. The predicted octanol–water partition coefficient (Wildman–Crippen LogP) is 6.35. The molecule has 8 nitrogen and oxygen atoms in total. The molecule has 194 valence electrons. The summed E-state index contributed by atoms with van der Waals surface area (Å²) in [5.74, 6) is 2.75. The first-order valence-electron chi connectivity index (χ1n) is 12.2. The second kappa shape index (κ2) is 10.4. The molecule has 5 aromatic rings. The van der Waals surface area contributed by atoms with Crippen LogP contribution in [0.3, 0.4) is 0 Å². The number of nitrogens with zero attached hydrogens (tertiary/aromatic N) is 2. The van der Waals surface area contributed by atoms with Gasteiger partial charge in [-0.05, 0) is 53.6 Å². The Bertz CT molecular complexity index is 1570. The van der Waals surface area contributed by atoms with E-state index >= 15 is 0 Å². The van der Waals surface area contributed by atoms with Gasteiger partial charge in [-0.15, -0.1) is 0 Å². The first kappa shape index (κ1) is 24.3. The van der Waals surface area contributed by atoms with Gasteiger partial charge in [0.25, 0.3) is 0 Å². The van der Waals surface area contributed by atoms with E-state index < -0.39 is 0 Å². The second-order valence-electron chi connectivity index (χ2n) is 8.89. The Labute approximate surface area is 224 Å². The van der Waals surface area contributed by atoms with Crippen molar-refractivity contribution in [1.82, 2.24) is 9.66 Å². The van der Waals surface area contributed by atoms with Crippen molar-refractivity contribution in [3.8, 4) is 28.7 Å². The quantitative estimate of drug-likeness (QED) is 0.237. The molecule has 9 heteroatoms. The largest absolute Gasteiger partial charge is 0.496 e. The Morgan fingerprint density at radius 1 is 0.974 bits per heavy atom. The average Bonchev–Trinajstić information content (AvgIpc) is 3.64. The van der Waals surface area contributed by atoms with Crippen molar-refractivity contribution in [3.63, 3.8) is 0 Å². The van der Waals surface area contributed by atoms with Crippen LogP contribution in [0.4, 0.5) is 0 Å². The zero-order chi connectivity index (χ0) is 26.1. The van der Waals surface area contributed by atoms with Gasteiger partial charge < -0.3 is 23.4 Å². The molecule has 0 amide bonds. The average molecular weight is 530 g/mol. The van der Waals surface area contributed by atoms with E-state index in [9.17, 15) is 0 Å². The van der Waals surface area contributed by atoms with E-state index in [1.165, 1.54) is 22.9 Å². The van der Waals surface area contributed by atoms with E-state index in [2.05, 4.69) is 29.5 Å². The number of fused-ring (bicyclic) bond motifs is 2. The molecule has 2 aromatic heterocycles. The van der Waals surface area contributed by atoms with E-state index in [1.807, 2.05) is 65.5 Å². The summed E-state index contributed by atoms with van der Waals surface area (Å²) in [6, 6.07) is 21.8. The summed E-state index contributed by atoms with van der Waals surface area (Å²) in [7, 11) is 3.28. The standard InChI is InChI=1S/C29H27N3O5S/c1-18-7-4-5-9-20(18)17-35-21-10-6-8-19(11-21)16-36-25-12-22(33-2)13-26-23(25)14-27(37-26)24-15-32-28(30-24)38-29(31-32)34-3/h4-15,29,31H,16-17H2,1-3H3. The Hall–Kier alpha value is -4.08. The molecule has 0 spiro atoms. The Balaban J connectivity index is 1.20. The summed E-state index contributed by atoms with van der Waals surface area (Å²) in [5.41, 5.74) is 7.79. The van der Waals surface area contributed by atoms with Gasteiger partial charge in [-0.25, -0.2) is 9.66 Å². The number of thioether (sulfide) groups is 1. The fraction of sp³-hybridized carbons (Fsp3) is 0.207. The number of nitrogens with one attached hydrogen (secondary N) is 1. The number of rotatable bonds is 9. The summed E-state index contributed by atoms with van der Waals surface area (Å²) in [6.07, 6.45) is 1.89. The lowest BCUT2D eigenvalue weighted by Crippen LogP contribution is -2.19. The highest BCUT2D eigenvalue weighted by Gasteiger charge is 2.25. The molecule has 3 aromatic carbocycles. The van der Waals surface area contributed by atoms with E-state index in [4.69, 9.17) is 23.4 Å². The maximum atomic E-state index is 6.27. The maximum Gasteiger partial charge on any atom is 0.196 e. The molecular formula is C29H27N3O5S. The van der Waals surface area contributed by atoms with Crippen LogP contribution in [0.2, 0.25) is 0 Å². The lowest BCUT2D eigenvalue weighted by molar-refractivity contribution is 0.187. The van der Waals surface area contributed by atoms with Crippen molar-refractivity contribution < 1.29 is 23.4 Å². The molecule has 1 aliphatic heterocycles. The van der Waals surface area contributed by atoms with Crippen molar-refractivity contribution >= 4 is 22.7 Å². The molecule has 0 saturated heterocycles. The normalized spacial score (nSPS) is 14.3. The van der Waals surface area contributed by atoms with Crippen LogP contribution in [-0.4, -0.2) is 29.4 Å². The van der Waals surface area contributed by atoms with E-state index in [0.29, 0.717) is 41.7 Å². The number of ether oxygens (including phenoxy) is 4. The third kappa shape index (κ3) is 4.90. The van der Waals surface area contributed by atoms with Crippen LogP contribution in [0.1, 0.15) is 16.7 Å². The monoisotopic (exact) mass is 529 g/mol. The van der Waals surface area contributed by atoms with Crippen LogP contribution in [-0.2, 0) is 18.0 Å². The molecule has 0 fully saturated rings. The van der Waals surface area contributed by atoms with Gasteiger partial charge in [0, 0.05) is 19.2 Å². The van der Waals surface area contributed by atoms with Gasteiger partial charge in [0.15, 0.2) is 16.5 Å². The van der Waals surface area contributed by atoms with Gasteiger partial charge in [-0.3, -0.25) is 5.43 Å². The fourth-order valence-corrected chi connectivity index (χ4v) is 5.08. The first-order chi connectivity index (χ1) is 18.6. The summed E-state index contributed by atoms with van der Waals surface area (Å²) in [5, 5.41) is 1.65. The van der Waals surface area contributed by atoms with Crippen LogP contribution in [0.5, 0.6) is 17.2 Å². The number of imidazole rings is 1. The highest BCUT2D eigenvalue weighted by molar-refractivity contribution is 7.99. The van der Waals surface area contributed by atoms with E-state index in [1.54, 1.807) is 14.2 Å². The van der Waals surface area contributed by atoms with Crippen LogP contribution in [0, 0.1) is 6.92 Å². The number of aromatic nitrogens is 2. The van der Waals surface area contributed by atoms with Gasteiger partial charge in [-0.2, -0.15) is 0 Å². The maximum absolute atomic E-state index is 6.27. The third-order valence-electron chi connectivity index (χ3n) is 6.35. The molecule has 0 saturated carbocycles. The number of hydrogen-bond acceptors (Lipinski definition) is 8. The minimum absolute atomic E-state index is 0.155. The van der Waals surface area contributed by atoms with Crippen molar-refractivity contribution in [1.29, 1.82) is 0 Å². The predicted molar refractivity (Wildman–Crippen MR) is 146 cm³/mol. The summed E-state index contributed by atoms with van der Waals surface area (Å²) in [4.78, 5) is 4.68. The Kier molecular flexibility index (Phi) is 6.61. The van der Waals surface area contributed by atoms with Gasteiger partial charge in [0.1, 0.15) is 41.7 Å². The number of benzene rings is 3. The van der Waals surface area contributed by atoms with Crippen LogP contribution < -0.4 is 19.6 Å². The highest BCUT2D eigenvalue weighted by Crippen LogP contribution is 2.38. The van der Waals surface area contributed by atoms with E-state index in [-0.39, 0.29) is 5.56 Å². The van der Waals surface area contributed by atoms with Gasteiger partial charge >= 0.3 is 0 Å². The highest BCUT2D eigenvalue weighted by atomic mass is 32.2. The molecule has 38 heavy (non-hydrogen) atoms. The topological polar surface area (TPSA) is 79.9 Å². The van der Waals surface area contributed by atoms with Crippen LogP contribution in [0.25, 0.3) is 22.4 Å². The van der Waals surface area contributed by atoms with Crippen molar-refractivity contribution in [2.45, 2.75) is 30.9 Å². The van der Waals surface area contributed by atoms with Crippen LogP contribution in [0.15, 0.2) is 82.5 Å². The van der Waals surface area contributed by atoms with Crippen LogP contribution >= 0.6 is 11.8 Å². The number of aryl methyl sites for hydroxylation is 1. The first-order valence-corrected chi connectivity index (χ1v) is 13.0. The summed E-state index contributed by atoms with van der Waals surface area (Å²) < 4.78 is 31.1. The van der Waals surface area contributed by atoms with Crippen molar-refractivity contribution in [2.24, 2.45) is 0 Å². The molecule has 3 heterocycles. The third-order valence-corrected chi connectivity index (χ3v) is 7.36. The molecule has 6 rings (SSSR count). The molecule has 1 N–H and O–H groups in total. The zero-order valence-corrected chi connectivity index (χ0v) is 22.1. The lowest BCUT2D eigenvalue weighted by atomic mass is 10.1. The SMILES string of the molecule is COc1cc(OCc2cccc(OCc3ccccc3C)c2)c2cc(-c3cn4c(n3)SC(OC)N4)oc2c1. The van der Waals surface area contributed by atoms with Crippen molar-refractivity contribution in [2.75, 3.05) is 19.6 Å². The number of furan rings is 1. The zero-order valence-electron chi connectivity index (χ0n) is 21.3. The van der Waals surface area contributed by atoms with E-state index in [0.717, 1.165) is 21.9 Å². The molecule has 1 aliphatic rings. The van der Waals surface area contributed by atoms with Gasteiger partial charge in [-0.1, -0.05) is 36.4 Å². The summed E-state index contributed by atoms with van der Waals surface area (Å²) in [6.45, 7) is 2.97. The Morgan fingerprint density at radius 2 is 1.87 bits per heavy atom. The minimum Gasteiger partial charge on any atom is -0.496 e. The number of methoxy groups -OCH3 is 2. The van der Waals surface area contributed by atoms with Gasteiger partial charge in [0.2, 0.25) is 0 Å².